The monoisotopic (exact) mass is 281 g/mol. The summed E-state index contributed by atoms with van der Waals surface area (Å²) >= 11 is 10.2. The molecule has 0 aliphatic heterocycles. The Morgan fingerprint density at radius 2 is 2.28 bits per heavy atom. The van der Waals surface area contributed by atoms with Crippen LogP contribution in [0.2, 0.25) is 5.02 Å². The second-order valence-corrected chi connectivity index (χ2v) is 4.72. The van der Waals surface area contributed by atoms with Gasteiger partial charge in [-0.1, -0.05) is 11.6 Å². The highest BCUT2D eigenvalue weighted by molar-refractivity contribution is 7.80. The van der Waals surface area contributed by atoms with Crippen molar-refractivity contribution in [3.63, 3.8) is 0 Å². The molecule has 0 aliphatic rings. The molecule has 0 bridgehead atoms. The molecule has 0 atom stereocenters. The van der Waals surface area contributed by atoms with Crippen molar-refractivity contribution in [1.29, 1.82) is 0 Å². The number of hydrogen-bond acceptors (Lipinski definition) is 3. The summed E-state index contributed by atoms with van der Waals surface area (Å²) in [5.41, 5.74) is 1.34. The third-order valence-corrected chi connectivity index (χ3v) is 3.15. The standard InChI is InChI=1S/C12H12ClN3OS/c1-16-8(4-5-15-16)7-14-12(17)10-6-9(18)2-3-11(10)13/h2-6,18H,7H2,1H3,(H,14,17). The second kappa shape index (κ2) is 5.46. The predicted octanol–water partition coefficient (Wildman–Crippen LogP) is 2.29. The first-order valence-corrected chi connectivity index (χ1v) is 6.14. The van der Waals surface area contributed by atoms with Gasteiger partial charge in [0.15, 0.2) is 0 Å². The highest BCUT2D eigenvalue weighted by Crippen LogP contribution is 2.19. The molecular weight excluding hydrogens is 270 g/mol. The van der Waals surface area contributed by atoms with Crippen LogP contribution in [0.3, 0.4) is 0 Å². The van der Waals surface area contributed by atoms with Crippen LogP contribution in [0.25, 0.3) is 0 Å². The minimum atomic E-state index is -0.225. The van der Waals surface area contributed by atoms with Crippen LogP contribution >= 0.6 is 24.2 Å². The molecule has 1 aromatic carbocycles. The molecule has 0 radical (unpaired) electrons. The van der Waals surface area contributed by atoms with Gasteiger partial charge in [-0.25, -0.2) is 0 Å². The van der Waals surface area contributed by atoms with E-state index < -0.39 is 0 Å². The van der Waals surface area contributed by atoms with Gasteiger partial charge in [-0.3, -0.25) is 9.48 Å². The minimum absolute atomic E-state index is 0.225. The lowest BCUT2D eigenvalue weighted by atomic mass is 10.2. The number of rotatable bonds is 3. The first-order chi connectivity index (χ1) is 8.58. The predicted molar refractivity (Wildman–Crippen MR) is 73.1 cm³/mol. The van der Waals surface area contributed by atoms with Gasteiger partial charge in [0.1, 0.15) is 0 Å². The summed E-state index contributed by atoms with van der Waals surface area (Å²) in [7, 11) is 1.82. The van der Waals surface area contributed by atoms with Crippen molar-refractivity contribution in [3.05, 3.63) is 46.7 Å². The smallest absolute Gasteiger partial charge is 0.253 e. The van der Waals surface area contributed by atoms with Gasteiger partial charge in [-0.15, -0.1) is 12.6 Å². The number of thiol groups is 1. The molecule has 1 heterocycles. The largest absolute Gasteiger partial charge is 0.346 e. The summed E-state index contributed by atoms with van der Waals surface area (Å²) in [4.78, 5) is 12.7. The number of nitrogens with zero attached hydrogens (tertiary/aromatic N) is 2. The Hall–Kier alpha value is -1.46. The maximum atomic E-state index is 12.0. The van der Waals surface area contributed by atoms with Gasteiger partial charge >= 0.3 is 0 Å². The van der Waals surface area contributed by atoms with E-state index in [2.05, 4.69) is 23.0 Å². The van der Waals surface area contributed by atoms with Crippen molar-refractivity contribution in [2.75, 3.05) is 0 Å². The molecule has 6 heteroatoms. The van der Waals surface area contributed by atoms with Gasteiger partial charge in [-0.05, 0) is 24.3 Å². The lowest BCUT2D eigenvalue weighted by molar-refractivity contribution is 0.0950. The van der Waals surface area contributed by atoms with Crippen LogP contribution in [0, 0.1) is 0 Å². The Morgan fingerprint density at radius 1 is 1.50 bits per heavy atom. The van der Waals surface area contributed by atoms with Crippen molar-refractivity contribution < 1.29 is 4.79 Å². The molecule has 2 aromatic rings. The Bertz CT molecular complexity index is 582. The number of benzene rings is 1. The molecule has 18 heavy (non-hydrogen) atoms. The van der Waals surface area contributed by atoms with Gasteiger partial charge in [0.25, 0.3) is 5.91 Å². The number of hydrogen-bond donors (Lipinski definition) is 2. The third-order valence-electron chi connectivity index (χ3n) is 2.55. The van der Waals surface area contributed by atoms with E-state index in [0.29, 0.717) is 22.0 Å². The van der Waals surface area contributed by atoms with Crippen LogP contribution in [0.5, 0.6) is 0 Å². The summed E-state index contributed by atoms with van der Waals surface area (Å²) in [5, 5.41) is 7.23. The van der Waals surface area contributed by atoms with Crippen LogP contribution in [0.1, 0.15) is 16.1 Å². The zero-order valence-corrected chi connectivity index (χ0v) is 11.4. The Morgan fingerprint density at radius 3 is 2.94 bits per heavy atom. The van der Waals surface area contributed by atoms with Gasteiger partial charge in [-0.2, -0.15) is 5.10 Å². The lowest BCUT2D eigenvalue weighted by Gasteiger charge is -2.07. The second-order valence-electron chi connectivity index (χ2n) is 3.79. The lowest BCUT2D eigenvalue weighted by Crippen LogP contribution is -2.24. The molecule has 0 spiro atoms. The fraction of sp³-hybridized carbons (Fsp3) is 0.167. The van der Waals surface area contributed by atoms with Gasteiger partial charge < -0.3 is 5.32 Å². The molecule has 0 saturated carbocycles. The Balaban J connectivity index is 2.08. The molecular formula is C12H12ClN3OS. The molecule has 1 amide bonds. The maximum absolute atomic E-state index is 12.0. The van der Waals surface area contributed by atoms with Crippen molar-refractivity contribution in [2.45, 2.75) is 11.4 Å². The fourth-order valence-electron chi connectivity index (χ4n) is 1.53. The van der Waals surface area contributed by atoms with E-state index in [9.17, 15) is 4.79 Å². The number of amides is 1. The van der Waals surface area contributed by atoms with E-state index in [4.69, 9.17) is 11.6 Å². The van der Waals surface area contributed by atoms with Crippen LogP contribution in [-0.2, 0) is 13.6 Å². The molecule has 1 N–H and O–H groups in total. The summed E-state index contributed by atoms with van der Waals surface area (Å²) in [6.45, 7) is 0.405. The molecule has 0 fully saturated rings. The number of aryl methyl sites for hydroxylation is 1. The Kier molecular flexibility index (Phi) is 3.93. The van der Waals surface area contributed by atoms with Crippen LogP contribution in [-0.4, -0.2) is 15.7 Å². The first kappa shape index (κ1) is 13.0. The summed E-state index contributed by atoms with van der Waals surface area (Å²) < 4.78 is 1.71. The molecule has 2 rings (SSSR count). The van der Waals surface area contributed by atoms with E-state index in [1.165, 1.54) is 0 Å². The van der Waals surface area contributed by atoms with Gasteiger partial charge in [0.2, 0.25) is 0 Å². The quantitative estimate of drug-likeness (QED) is 0.848. The zero-order valence-electron chi connectivity index (χ0n) is 9.72. The number of aromatic nitrogens is 2. The summed E-state index contributed by atoms with van der Waals surface area (Å²) in [6, 6.07) is 6.88. The van der Waals surface area contributed by atoms with E-state index in [1.807, 2.05) is 13.1 Å². The molecule has 94 valence electrons. The van der Waals surface area contributed by atoms with Crippen LogP contribution in [0.4, 0.5) is 0 Å². The van der Waals surface area contributed by atoms with E-state index in [1.54, 1.807) is 29.1 Å². The van der Waals surface area contributed by atoms with Crippen LogP contribution in [0.15, 0.2) is 35.4 Å². The SMILES string of the molecule is Cn1nccc1CNC(=O)c1cc(S)ccc1Cl. The average Bonchev–Trinajstić information content (AvgIpc) is 2.75. The number of nitrogens with one attached hydrogen (secondary N) is 1. The van der Waals surface area contributed by atoms with Crippen LogP contribution < -0.4 is 5.32 Å². The van der Waals surface area contributed by atoms with E-state index in [-0.39, 0.29) is 5.91 Å². The summed E-state index contributed by atoms with van der Waals surface area (Å²) in [5.74, 6) is -0.225. The highest BCUT2D eigenvalue weighted by atomic mass is 35.5. The summed E-state index contributed by atoms with van der Waals surface area (Å²) in [6.07, 6.45) is 1.68. The molecule has 1 aromatic heterocycles. The maximum Gasteiger partial charge on any atom is 0.253 e. The van der Waals surface area contributed by atoms with Crippen molar-refractivity contribution in [1.82, 2.24) is 15.1 Å². The number of carbonyl (C=O) groups is 1. The molecule has 0 aliphatic carbocycles. The fourth-order valence-corrected chi connectivity index (χ4v) is 1.94. The highest BCUT2D eigenvalue weighted by Gasteiger charge is 2.11. The van der Waals surface area contributed by atoms with E-state index >= 15 is 0 Å². The first-order valence-electron chi connectivity index (χ1n) is 5.31. The zero-order chi connectivity index (χ0) is 13.1. The van der Waals surface area contributed by atoms with E-state index in [0.717, 1.165) is 5.69 Å². The molecule has 0 saturated heterocycles. The minimum Gasteiger partial charge on any atom is -0.346 e. The van der Waals surface area contributed by atoms with Crippen molar-refractivity contribution >= 4 is 30.1 Å². The van der Waals surface area contributed by atoms with Gasteiger partial charge in [0.05, 0.1) is 22.8 Å². The van der Waals surface area contributed by atoms with Gasteiger partial charge in [0, 0.05) is 18.1 Å². The van der Waals surface area contributed by atoms with Crippen molar-refractivity contribution in [2.24, 2.45) is 7.05 Å². The normalized spacial score (nSPS) is 10.4. The number of carbonyl (C=O) groups excluding carboxylic acids is 1. The number of halogens is 1. The third kappa shape index (κ3) is 2.86. The molecule has 4 nitrogen and oxygen atoms in total. The average molecular weight is 282 g/mol. The topological polar surface area (TPSA) is 46.9 Å². The molecule has 0 unspecified atom stereocenters. The van der Waals surface area contributed by atoms with Crippen molar-refractivity contribution in [3.8, 4) is 0 Å². The Labute approximate surface area is 115 Å².